The van der Waals surface area contributed by atoms with Crippen LogP contribution in [0.5, 0.6) is 0 Å². The largest absolute Gasteiger partial charge is 0.481 e. The summed E-state index contributed by atoms with van der Waals surface area (Å²) in [5.41, 5.74) is 0.891. The molecule has 2 rings (SSSR count). The van der Waals surface area contributed by atoms with Crippen LogP contribution >= 0.6 is 11.3 Å². The molecule has 4 atom stereocenters. The number of thiazole rings is 1. The van der Waals surface area contributed by atoms with Gasteiger partial charge in [0, 0.05) is 17.5 Å². The first-order chi connectivity index (χ1) is 9.73. The Morgan fingerprint density at radius 2 is 2.19 bits per heavy atom. The molecule has 1 aromatic rings. The minimum absolute atomic E-state index is 0.195. The molecule has 0 aromatic carbocycles. The molecule has 4 unspecified atom stereocenters. The third-order valence-electron chi connectivity index (χ3n) is 5.28. The minimum Gasteiger partial charge on any atom is -0.481 e. The molecule has 1 aliphatic carbocycles. The van der Waals surface area contributed by atoms with E-state index in [-0.39, 0.29) is 17.4 Å². The molecule has 4 nitrogen and oxygen atoms in total. The van der Waals surface area contributed by atoms with E-state index in [1.54, 1.807) is 11.3 Å². The summed E-state index contributed by atoms with van der Waals surface area (Å²) >= 11 is 1.67. The molecular weight excluding hydrogens is 284 g/mol. The van der Waals surface area contributed by atoms with E-state index in [0.717, 1.165) is 23.5 Å². The molecule has 1 aromatic heterocycles. The number of hydrogen-bond donors (Lipinski definition) is 2. The van der Waals surface area contributed by atoms with Gasteiger partial charge in [-0.2, -0.15) is 0 Å². The van der Waals surface area contributed by atoms with E-state index < -0.39 is 5.97 Å². The highest BCUT2D eigenvalue weighted by atomic mass is 32.1. The summed E-state index contributed by atoms with van der Waals surface area (Å²) in [6, 6.07) is 0.548. The van der Waals surface area contributed by atoms with Gasteiger partial charge < -0.3 is 10.4 Å². The number of carboxylic acid groups (broad SMARTS) is 1. The van der Waals surface area contributed by atoms with Crippen LogP contribution in [-0.4, -0.2) is 22.1 Å². The number of aliphatic carboxylic acids is 1. The van der Waals surface area contributed by atoms with Crippen molar-refractivity contribution in [2.75, 3.05) is 0 Å². The van der Waals surface area contributed by atoms with Gasteiger partial charge in [-0.15, -0.1) is 11.3 Å². The van der Waals surface area contributed by atoms with Crippen LogP contribution in [0.15, 0.2) is 5.38 Å². The van der Waals surface area contributed by atoms with Crippen molar-refractivity contribution in [3.63, 3.8) is 0 Å². The molecule has 118 valence electrons. The minimum atomic E-state index is -0.659. The second-order valence-electron chi connectivity index (χ2n) is 6.86. The lowest BCUT2D eigenvalue weighted by Crippen LogP contribution is -2.51. The van der Waals surface area contributed by atoms with Crippen LogP contribution in [0.4, 0.5) is 0 Å². The number of nitrogens with one attached hydrogen (secondary N) is 1. The average molecular weight is 310 g/mol. The molecule has 0 amide bonds. The Morgan fingerprint density at radius 3 is 2.71 bits per heavy atom. The molecule has 1 aliphatic rings. The highest BCUT2D eigenvalue weighted by molar-refractivity contribution is 7.09. The van der Waals surface area contributed by atoms with E-state index in [9.17, 15) is 9.90 Å². The van der Waals surface area contributed by atoms with Crippen LogP contribution in [0.1, 0.15) is 57.3 Å². The van der Waals surface area contributed by atoms with Gasteiger partial charge in [-0.05, 0) is 38.0 Å². The first kappa shape index (κ1) is 16.4. The summed E-state index contributed by atoms with van der Waals surface area (Å²) in [5, 5.41) is 16.3. The zero-order chi connectivity index (χ0) is 15.8. The number of carbonyl (C=O) groups is 1. The standard InChI is InChI=1S/C16H26N2O2S/c1-9-13(7-6-12(15(19)20)16(9,4)5)17-10(2)14-8-21-11(3)18-14/h8-10,12-13,17H,6-7H2,1-5H3,(H,19,20). The van der Waals surface area contributed by atoms with Gasteiger partial charge >= 0.3 is 5.97 Å². The monoisotopic (exact) mass is 310 g/mol. The SMILES string of the molecule is Cc1nc(C(C)NC2CCC(C(=O)O)C(C)(C)C2C)cs1. The Morgan fingerprint density at radius 1 is 1.52 bits per heavy atom. The molecular formula is C16H26N2O2S. The van der Waals surface area contributed by atoms with Crippen molar-refractivity contribution in [2.45, 2.75) is 59.5 Å². The molecule has 21 heavy (non-hydrogen) atoms. The quantitative estimate of drug-likeness (QED) is 0.891. The second-order valence-corrected chi connectivity index (χ2v) is 7.93. The Kier molecular flexibility index (Phi) is 4.73. The van der Waals surface area contributed by atoms with Gasteiger partial charge in [0.15, 0.2) is 0 Å². The first-order valence-corrected chi connectivity index (χ1v) is 8.52. The van der Waals surface area contributed by atoms with E-state index >= 15 is 0 Å². The van der Waals surface area contributed by atoms with Gasteiger partial charge in [0.1, 0.15) is 0 Å². The van der Waals surface area contributed by atoms with E-state index in [1.165, 1.54) is 0 Å². The van der Waals surface area contributed by atoms with Crippen LogP contribution in [-0.2, 0) is 4.79 Å². The van der Waals surface area contributed by atoms with Crippen molar-refractivity contribution in [3.8, 4) is 0 Å². The number of rotatable bonds is 4. The highest BCUT2D eigenvalue weighted by Gasteiger charge is 2.46. The van der Waals surface area contributed by atoms with Gasteiger partial charge in [0.2, 0.25) is 0 Å². The zero-order valence-electron chi connectivity index (χ0n) is 13.5. The maximum Gasteiger partial charge on any atom is 0.307 e. The summed E-state index contributed by atoms with van der Waals surface area (Å²) in [6.45, 7) is 10.5. The summed E-state index contributed by atoms with van der Waals surface area (Å²) in [7, 11) is 0. The molecule has 5 heteroatoms. The van der Waals surface area contributed by atoms with Crippen molar-refractivity contribution < 1.29 is 9.90 Å². The molecule has 0 saturated heterocycles. The molecule has 1 fully saturated rings. The Balaban J connectivity index is 2.07. The number of carboxylic acids is 1. The third-order valence-corrected chi connectivity index (χ3v) is 6.08. The van der Waals surface area contributed by atoms with Crippen LogP contribution < -0.4 is 5.32 Å². The van der Waals surface area contributed by atoms with Crippen molar-refractivity contribution in [1.82, 2.24) is 10.3 Å². The average Bonchev–Trinajstić information content (AvgIpc) is 2.81. The maximum atomic E-state index is 11.4. The van der Waals surface area contributed by atoms with E-state index in [4.69, 9.17) is 0 Å². The molecule has 0 spiro atoms. The van der Waals surface area contributed by atoms with Crippen LogP contribution in [0.3, 0.4) is 0 Å². The lowest BCUT2D eigenvalue weighted by atomic mass is 9.61. The fourth-order valence-electron chi connectivity index (χ4n) is 3.46. The van der Waals surface area contributed by atoms with Gasteiger partial charge in [-0.3, -0.25) is 4.79 Å². The van der Waals surface area contributed by atoms with E-state index in [1.807, 2.05) is 6.92 Å². The number of aromatic nitrogens is 1. The first-order valence-electron chi connectivity index (χ1n) is 7.64. The predicted molar refractivity (Wildman–Crippen MR) is 85.5 cm³/mol. The fourth-order valence-corrected chi connectivity index (χ4v) is 4.17. The fraction of sp³-hybridized carbons (Fsp3) is 0.750. The molecule has 0 bridgehead atoms. The molecule has 2 N–H and O–H groups in total. The van der Waals surface area contributed by atoms with Crippen LogP contribution in [0.25, 0.3) is 0 Å². The molecule has 0 aliphatic heterocycles. The second kappa shape index (κ2) is 6.05. The maximum absolute atomic E-state index is 11.4. The topological polar surface area (TPSA) is 62.2 Å². The summed E-state index contributed by atoms with van der Waals surface area (Å²) < 4.78 is 0. The third kappa shape index (κ3) is 3.29. The van der Waals surface area contributed by atoms with Crippen molar-refractivity contribution in [3.05, 3.63) is 16.1 Å². The van der Waals surface area contributed by atoms with Gasteiger partial charge in [0.05, 0.1) is 16.6 Å². The van der Waals surface area contributed by atoms with Gasteiger partial charge in [0.25, 0.3) is 0 Å². The van der Waals surface area contributed by atoms with Gasteiger partial charge in [-0.1, -0.05) is 20.8 Å². The predicted octanol–water partition coefficient (Wildman–Crippen LogP) is 3.63. The lowest BCUT2D eigenvalue weighted by Gasteiger charge is -2.47. The van der Waals surface area contributed by atoms with Crippen LogP contribution in [0, 0.1) is 24.2 Å². The Bertz CT molecular complexity index is 512. The smallest absolute Gasteiger partial charge is 0.307 e. The lowest BCUT2D eigenvalue weighted by molar-refractivity contribution is -0.150. The summed E-state index contributed by atoms with van der Waals surface area (Å²) in [6.07, 6.45) is 1.65. The molecule has 0 radical (unpaired) electrons. The van der Waals surface area contributed by atoms with Crippen molar-refractivity contribution in [2.24, 2.45) is 17.3 Å². The zero-order valence-corrected chi connectivity index (χ0v) is 14.3. The number of hydrogen-bond acceptors (Lipinski definition) is 4. The van der Waals surface area contributed by atoms with Crippen molar-refractivity contribution in [1.29, 1.82) is 0 Å². The highest BCUT2D eigenvalue weighted by Crippen LogP contribution is 2.45. The normalized spacial score (nSPS) is 30.0. The molecule has 1 heterocycles. The molecule has 1 saturated carbocycles. The summed E-state index contributed by atoms with van der Waals surface area (Å²) in [4.78, 5) is 16.0. The number of nitrogens with zero attached hydrogens (tertiary/aromatic N) is 1. The van der Waals surface area contributed by atoms with Gasteiger partial charge in [-0.25, -0.2) is 4.98 Å². The Hall–Kier alpha value is -0.940. The van der Waals surface area contributed by atoms with Crippen molar-refractivity contribution >= 4 is 17.3 Å². The Labute approximate surface area is 131 Å². The van der Waals surface area contributed by atoms with Crippen LogP contribution in [0.2, 0.25) is 0 Å². The van der Waals surface area contributed by atoms with E-state index in [0.29, 0.717) is 12.0 Å². The van der Waals surface area contributed by atoms with E-state index in [2.05, 4.69) is 43.4 Å². The summed E-state index contributed by atoms with van der Waals surface area (Å²) in [5.74, 6) is -0.592. The number of aryl methyl sites for hydroxylation is 1.